The molecule has 0 saturated carbocycles. The molecule has 0 fully saturated rings. The monoisotopic (exact) mass is 182 g/mol. The molecule has 0 aromatic heterocycles. The van der Waals surface area contributed by atoms with E-state index in [1.807, 2.05) is 20.8 Å². The van der Waals surface area contributed by atoms with Gasteiger partial charge in [-0.15, -0.1) is 6.58 Å². The lowest BCUT2D eigenvalue weighted by atomic mass is 9.98. The molecule has 0 heterocycles. The summed E-state index contributed by atoms with van der Waals surface area (Å²) < 4.78 is 0. The summed E-state index contributed by atoms with van der Waals surface area (Å²) in [5.74, 6) is 0.485. The SMILES string of the molecule is C=C(C)CC(C)/C=C(\C)C(O)CC. The summed E-state index contributed by atoms with van der Waals surface area (Å²) in [6, 6.07) is 0. The molecule has 1 heteroatoms. The Morgan fingerprint density at radius 1 is 1.46 bits per heavy atom. The van der Waals surface area contributed by atoms with Crippen molar-refractivity contribution in [3.8, 4) is 0 Å². The third-order valence-corrected chi connectivity index (χ3v) is 2.13. The molecular weight excluding hydrogens is 160 g/mol. The summed E-state index contributed by atoms with van der Waals surface area (Å²) in [6.45, 7) is 12.0. The minimum absolute atomic E-state index is 0.271. The summed E-state index contributed by atoms with van der Waals surface area (Å²) >= 11 is 0. The highest BCUT2D eigenvalue weighted by atomic mass is 16.3. The van der Waals surface area contributed by atoms with Crippen LogP contribution in [0.4, 0.5) is 0 Å². The van der Waals surface area contributed by atoms with Crippen molar-refractivity contribution in [2.45, 2.75) is 46.6 Å². The van der Waals surface area contributed by atoms with Crippen molar-refractivity contribution in [3.05, 3.63) is 23.8 Å². The predicted octanol–water partition coefficient (Wildman–Crippen LogP) is 3.31. The molecule has 2 unspecified atom stereocenters. The van der Waals surface area contributed by atoms with Crippen LogP contribution in [0.15, 0.2) is 23.8 Å². The van der Waals surface area contributed by atoms with Crippen molar-refractivity contribution in [2.24, 2.45) is 5.92 Å². The first-order valence-electron chi connectivity index (χ1n) is 4.98. The highest BCUT2D eigenvalue weighted by Crippen LogP contribution is 2.15. The predicted molar refractivity (Wildman–Crippen MR) is 58.6 cm³/mol. The molecule has 13 heavy (non-hydrogen) atoms. The smallest absolute Gasteiger partial charge is 0.0744 e. The molecule has 0 spiro atoms. The van der Waals surface area contributed by atoms with E-state index in [1.54, 1.807) is 0 Å². The van der Waals surface area contributed by atoms with Gasteiger partial charge < -0.3 is 5.11 Å². The third kappa shape index (κ3) is 5.64. The van der Waals surface area contributed by atoms with E-state index < -0.39 is 0 Å². The van der Waals surface area contributed by atoms with Crippen molar-refractivity contribution >= 4 is 0 Å². The van der Waals surface area contributed by atoms with Gasteiger partial charge in [-0.2, -0.15) is 0 Å². The Hall–Kier alpha value is -0.560. The fourth-order valence-electron chi connectivity index (χ4n) is 1.49. The average Bonchev–Trinajstić information content (AvgIpc) is 2.01. The molecule has 0 aromatic rings. The summed E-state index contributed by atoms with van der Waals surface area (Å²) in [4.78, 5) is 0. The number of aliphatic hydroxyl groups is 1. The summed E-state index contributed by atoms with van der Waals surface area (Å²) in [6.07, 6.45) is 3.67. The number of allylic oxidation sites excluding steroid dienone is 2. The molecule has 1 nitrogen and oxygen atoms in total. The van der Waals surface area contributed by atoms with E-state index in [0.717, 1.165) is 18.4 Å². The third-order valence-electron chi connectivity index (χ3n) is 2.13. The minimum Gasteiger partial charge on any atom is -0.389 e. The van der Waals surface area contributed by atoms with Gasteiger partial charge in [-0.05, 0) is 38.2 Å². The Labute approximate surface area is 82.2 Å². The standard InChI is InChI=1S/C12H22O/c1-6-12(13)11(5)8-10(4)7-9(2)3/h8,10,12-13H,2,6-7H2,1,3-5H3/b11-8+. The molecular formula is C12H22O. The van der Waals surface area contributed by atoms with Crippen molar-refractivity contribution in [3.63, 3.8) is 0 Å². The Balaban J connectivity index is 4.12. The van der Waals surface area contributed by atoms with E-state index in [-0.39, 0.29) is 6.10 Å². The lowest BCUT2D eigenvalue weighted by molar-refractivity contribution is 0.205. The zero-order valence-electron chi connectivity index (χ0n) is 9.30. The van der Waals surface area contributed by atoms with Gasteiger partial charge in [-0.25, -0.2) is 0 Å². The fraction of sp³-hybridized carbons (Fsp3) is 0.667. The molecule has 0 saturated heterocycles. The fourth-order valence-corrected chi connectivity index (χ4v) is 1.49. The number of hydrogen-bond donors (Lipinski definition) is 1. The van der Waals surface area contributed by atoms with Gasteiger partial charge in [0.05, 0.1) is 6.10 Å². The topological polar surface area (TPSA) is 20.2 Å². The van der Waals surface area contributed by atoms with Crippen molar-refractivity contribution in [1.82, 2.24) is 0 Å². The van der Waals surface area contributed by atoms with Crippen molar-refractivity contribution in [2.75, 3.05) is 0 Å². The number of hydrogen-bond acceptors (Lipinski definition) is 1. The van der Waals surface area contributed by atoms with E-state index in [1.165, 1.54) is 5.57 Å². The maximum atomic E-state index is 9.52. The van der Waals surface area contributed by atoms with Crippen LogP contribution in [0.2, 0.25) is 0 Å². The second-order valence-corrected chi connectivity index (χ2v) is 3.97. The van der Waals surface area contributed by atoms with Gasteiger partial charge in [0, 0.05) is 0 Å². The lowest BCUT2D eigenvalue weighted by Gasteiger charge is -2.12. The van der Waals surface area contributed by atoms with Crippen LogP contribution in [0, 0.1) is 5.92 Å². The Kier molecular flexibility index (Phi) is 5.72. The zero-order valence-corrected chi connectivity index (χ0v) is 9.30. The van der Waals surface area contributed by atoms with Gasteiger partial charge in [0.25, 0.3) is 0 Å². The Morgan fingerprint density at radius 2 is 2.00 bits per heavy atom. The average molecular weight is 182 g/mol. The molecule has 0 bridgehead atoms. The number of aliphatic hydroxyl groups excluding tert-OH is 1. The lowest BCUT2D eigenvalue weighted by Crippen LogP contribution is -2.07. The van der Waals surface area contributed by atoms with Crippen LogP contribution in [0.1, 0.15) is 40.5 Å². The number of rotatable bonds is 5. The zero-order chi connectivity index (χ0) is 10.4. The molecule has 0 aliphatic rings. The quantitative estimate of drug-likeness (QED) is 0.647. The molecule has 0 amide bonds. The molecule has 0 rings (SSSR count). The van der Waals surface area contributed by atoms with E-state index in [2.05, 4.69) is 19.6 Å². The normalized spacial score (nSPS) is 16.8. The second kappa shape index (κ2) is 5.98. The minimum atomic E-state index is -0.271. The van der Waals surface area contributed by atoms with Gasteiger partial charge in [0.1, 0.15) is 0 Å². The summed E-state index contributed by atoms with van der Waals surface area (Å²) in [5.41, 5.74) is 2.28. The first kappa shape index (κ1) is 12.4. The van der Waals surface area contributed by atoms with Gasteiger partial charge in [-0.1, -0.05) is 25.5 Å². The van der Waals surface area contributed by atoms with E-state index in [4.69, 9.17) is 0 Å². The van der Waals surface area contributed by atoms with Crippen LogP contribution in [0.25, 0.3) is 0 Å². The molecule has 76 valence electrons. The van der Waals surface area contributed by atoms with Crippen LogP contribution in [-0.2, 0) is 0 Å². The van der Waals surface area contributed by atoms with Crippen LogP contribution < -0.4 is 0 Å². The molecule has 2 atom stereocenters. The van der Waals surface area contributed by atoms with Gasteiger partial charge in [0.15, 0.2) is 0 Å². The second-order valence-electron chi connectivity index (χ2n) is 3.97. The first-order chi connectivity index (χ1) is 5.97. The molecule has 0 aromatic carbocycles. The molecule has 0 aliphatic carbocycles. The van der Waals surface area contributed by atoms with E-state index in [9.17, 15) is 5.11 Å². The molecule has 1 N–H and O–H groups in total. The van der Waals surface area contributed by atoms with Crippen LogP contribution in [-0.4, -0.2) is 11.2 Å². The van der Waals surface area contributed by atoms with Crippen LogP contribution in [0.3, 0.4) is 0 Å². The Morgan fingerprint density at radius 3 is 2.38 bits per heavy atom. The van der Waals surface area contributed by atoms with E-state index in [0.29, 0.717) is 5.92 Å². The van der Waals surface area contributed by atoms with Gasteiger partial charge in [-0.3, -0.25) is 0 Å². The van der Waals surface area contributed by atoms with Crippen LogP contribution in [0.5, 0.6) is 0 Å². The van der Waals surface area contributed by atoms with Crippen molar-refractivity contribution in [1.29, 1.82) is 0 Å². The van der Waals surface area contributed by atoms with E-state index >= 15 is 0 Å². The summed E-state index contributed by atoms with van der Waals surface area (Å²) in [7, 11) is 0. The Bertz CT molecular complexity index is 191. The van der Waals surface area contributed by atoms with Gasteiger partial charge >= 0.3 is 0 Å². The maximum absolute atomic E-state index is 9.52. The molecule has 0 radical (unpaired) electrons. The van der Waals surface area contributed by atoms with Crippen molar-refractivity contribution < 1.29 is 5.11 Å². The van der Waals surface area contributed by atoms with Gasteiger partial charge in [0.2, 0.25) is 0 Å². The maximum Gasteiger partial charge on any atom is 0.0744 e. The van der Waals surface area contributed by atoms with Crippen LogP contribution >= 0.6 is 0 Å². The molecule has 0 aliphatic heterocycles. The largest absolute Gasteiger partial charge is 0.389 e. The summed E-state index contributed by atoms with van der Waals surface area (Å²) in [5, 5.41) is 9.52. The first-order valence-corrected chi connectivity index (χ1v) is 4.98. The highest BCUT2D eigenvalue weighted by molar-refractivity contribution is 5.07. The highest BCUT2D eigenvalue weighted by Gasteiger charge is 2.05.